The number of nitrogens with zero attached hydrogens (tertiary/aromatic N) is 2. The van der Waals surface area contributed by atoms with Crippen molar-refractivity contribution in [3.63, 3.8) is 0 Å². The average molecular weight is 418 g/mol. The summed E-state index contributed by atoms with van der Waals surface area (Å²) in [6.45, 7) is 2.39. The van der Waals surface area contributed by atoms with Crippen molar-refractivity contribution < 1.29 is 13.9 Å². The maximum atomic E-state index is 13.7. The van der Waals surface area contributed by atoms with E-state index in [1.54, 1.807) is 12.3 Å². The molecule has 0 bridgehead atoms. The van der Waals surface area contributed by atoms with Gasteiger partial charge in [0.2, 0.25) is 0 Å². The summed E-state index contributed by atoms with van der Waals surface area (Å²) in [6, 6.07) is 11.9. The molecule has 0 aliphatic heterocycles. The van der Waals surface area contributed by atoms with Gasteiger partial charge in [-0.25, -0.2) is 9.37 Å². The van der Waals surface area contributed by atoms with E-state index in [0.29, 0.717) is 16.7 Å². The van der Waals surface area contributed by atoms with Crippen LogP contribution in [0.5, 0.6) is 5.75 Å². The second kappa shape index (κ2) is 8.14. The summed E-state index contributed by atoms with van der Waals surface area (Å²) >= 11 is 3.17. The van der Waals surface area contributed by atoms with Crippen molar-refractivity contribution in [2.75, 3.05) is 11.9 Å². The molecule has 5 nitrogen and oxygen atoms in total. The van der Waals surface area contributed by atoms with Crippen molar-refractivity contribution in [3.05, 3.63) is 76.5 Å². The van der Waals surface area contributed by atoms with E-state index in [0.717, 1.165) is 11.4 Å². The van der Waals surface area contributed by atoms with Gasteiger partial charge in [0.15, 0.2) is 18.2 Å². The number of carbonyl (C=O) groups excluding carboxylic acids is 1. The molecule has 1 aromatic heterocycles. The van der Waals surface area contributed by atoms with Crippen molar-refractivity contribution >= 4 is 27.5 Å². The van der Waals surface area contributed by atoms with Crippen LogP contribution in [0.25, 0.3) is 0 Å². The van der Waals surface area contributed by atoms with Crippen LogP contribution in [0, 0.1) is 12.7 Å². The Kier molecular flexibility index (Phi) is 5.68. The predicted molar refractivity (Wildman–Crippen MR) is 101 cm³/mol. The molecule has 0 spiro atoms. The van der Waals surface area contributed by atoms with E-state index in [1.807, 2.05) is 42.0 Å². The Bertz CT molecular complexity index is 909. The summed E-state index contributed by atoms with van der Waals surface area (Å²) in [5.74, 6) is 0.103. The molecule has 0 saturated heterocycles. The standard InChI is InChI=1S/C19H17BrFN3O2/c1-13-22-8-9-24(13)11-14-2-5-16(6-3-14)23-19(25)12-26-18-7-4-15(20)10-17(18)21/h2-10H,11-12H2,1H3,(H,23,25). The molecular weight excluding hydrogens is 401 g/mol. The van der Waals surface area contributed by atoms with Crippen molar-refractivity contribution in [2.45, 2.75) is 13.5 Å². The van der Waals surface area contributed by atoms with Crippen molar-refractivity contribution in [3.8, 4) is 5.75 Å². The highest BCUT2D eigenvalue weighted by molar-refractivity contribution is 9.10. The van der Waals surface area contributed by atoms with Gasteiger partial charge in [-0.1, -0.05) is 28.1 Å². The lowest BCUT2D eigenvalue weighted by atomic mass is 10.2. The Morgan fingerprint density at radius 2 is 2.04 bits per heavy atom. The van der Waals surface area contributed by atoms with Gasteiger partial charge in [-0.3, -0.25) is 4.79 Å². The fourth-order valence-corrected chi connectivity index (χ4v) is 2.73. The number of anilines is 1. The first-order chi connectivity index (χ1) is 12.5. The Hall–Kier alpha value is -2.67. The third-order valence-electron chi connectivity index (χ3n) is 3.77. The van der Waals surface area contributed by atoms with Gasteiger partial charge >= 0.3 is 0 Å². The Morgan fingerprint density at radius 3 is 2.69 bits per heavy atom. The molecule has 1 heterocycles. The molecule has 1 N–H and O–H groups in total. The molecule has 26 heavy (non-hydrogen) atoms. The smallest absolute Gasteiger partial charge is 0.262 e. The summed E-state index contributed by atoms with van der Waals surface area (Å²) in [7, 11) is 0. The Labute approximate surface area is 159 Å². The third kappa shape index (κ3) is 4.70. The fraction of sp³-hybridized carbons (Fsp3) is 0.158. The summed E-state index contributed by atoms with van der Waals surface area (Å²) < 4.78 is 21.5. The molecule has 2 aromatic carbocycles. The molecule has 0 fully saturated rings. The van der Waals surface area contributed by atoms with E-state index in [4.69, 9.17) is 4.74 Å². The minimum Gasteiger partial charge on any atom is -0.481 e. The topological polar surface area (TPSA) is 56.2 Å². The van der Waals surface area contributed by atoms with Gasteiger partial charge in [0, 0.05) is 29.1 Å². The molecule has 7 heteroatoms. The van der Waals surface area contributed by atoms with E-state index in [-0.39, 0.29) is 18.3 Å². The first kappa shape index (κ1) is 18.1. The van der Waals surface area contributed by atoms with Gasteiger partial charge in [-0.2, -0.15) is 0 Å². The van der Waals surface area contributed by atoms with Crippen LogP contribution in [0.15, 0.2) is 59.3 Å². The minimum atomic E-state index is -0.522. The number of aromatic nitrogens is 2. The van der Waals surface area contributed by atoms with E-state index in [2.05, 4.69) is 26.2 Å². The zero-order chi connectivity index (χ0) is 18.5. The number of nitrogens with one attached hydrogen (secondary N) is 1. The molecule has 0 atom stereocenters. The molecule has 0 aliphatic carbocycles. The average Bonchev–Trinajstić information content (AvgIpc) is 3.01. The molecule has 1 amide bonds. The van der Waals surface area contributed by atoms with Gasteiger partial charge in [-0.15, -0.1) is 0 Å². The van der Waals surface area contributed by atoms with Gasteiger partial charge in [-0.05, 0) is 42.8 Å². The van der Waals surface area contributed by atoms with E-state index in [9.17, 15) is 9.18 Å². The summed E-state index contributed by atoms with van der Waals surface area (Å²) in [6.07, 6.45) is 3.68. The van der Waals surface area contributed by atoms with Gasteiger partial charge in [0.05, 0.1) is 0 Å². The first-order valence-electron chi connectivity index (χ1n) is 7.95. The van der Waals surface area contributed by atoms with Crippen molar-refractivity contribution in [1.29, 1.82) is 0 Å². The maximum absolute atomic E-state index is 13.7. The first-order valence-corrected chi connectivity index (χ1v) is 8.75. The monoisotopic (exact) mass is 417 g/mol. The van der Waals surface area contributed by atoms with Crippen molar-refractivity contribution in [1.82, 2.24) is 9.55 Å². The number of aryl methyl sites for hydroxylation is 1. The SMILES string of the molecule is Cc1nccn1Cc1ccc(NC(=O)COc2ccc(Br)cc2F)cc1. The van der Waals surface area contributed by atoms with E-state index < -0.39 is 5.82 Å². The third-order valence-corrected chi connectivity index (χ3v) is 4.26. The molecule has 3 rings (SSSR count). The molecule has 0 radical (unpaired) electrons. The second-order valence-electron chi connectivity index (χ2n) is 5.71. The lowest BCUT2D eigenvalue weighted by Crippen LogP contribution is -2.20. The Balaban J connectivity index is 1.53. The number of benzene rings is 2. The maximum Gasteiger partial charge on any atom is 0.262 e. The Morgan fingerprint density at radius 1 is 1.27 bits per heavy atom. The number of imidazole rings is 1. The molecule has 134 valence electrons. The molecule has 0 aliphatic rings. The van der Waals surface area contributed by atoms with Gasteiger partial charge in [0.25, 0.3) is 5.91 Å². The summed E-state index contributed by atoms with van der Waals surface area (Å²) in [5, 5.41) is 2.73. The highest BCUT2D eigenvalue weighted by Gasteiger charge is 2.08. The summed E-state index contributed by atoms with van der Waals surface area (Å²) in [4.78, 5) is 16.2. The largest absolute Gasteiger partial charge is 0.481 e. The van der Waals surface area contributed by atoms with Crippen LogP contribution in [0.3, 0.4) is 0 Å². The van der Waals surface area contributed by atoms with Crippen molar-refractivity contribution in [2.24, 2.45) is 0 Å². The number of amides is 1. The normalized spacial score (nSPS) is 10.6. The molecule has 3 aromatic rings. The molecule has 0 unspecified atom stereocenters. The lowest BCUT2D eigenvalue weighted by molar-refractivity contribution is -0.118. The van der Waals surface area contributed by atoms with Crippen LogP contribution in [0.1, 0.15) is 11.4 Å². The summed E-state index contributed by atoms with van der Waals surface area (Å²) in [5.41, 5.74) is 1.75. The highest BCUT2D eigenvalue weighted by Crippen LogP contribution is 2.21. The van der Waals surface area contributed by atoms with E-state index >= 15 is 0 Å². The number of ether oxygens (including phenoxy) is 1. The van der Waals surface area contributed by atoms with Crippen LogP contribution < -0.4 is 10.1 Å². The number of carbonyl (C=O) groups is 1. The predicted octanol–water partition coefficient (Wildman–Crippen LogP) is 4.16. The lowest BCUT2D eigenvalue weighted by Gasteiger charge is -2.10. The second-order valence-corrected chi connectivity index (χ2v) is 6.63. The van der Waals surface area contributed by atoms with E-state index in [1.165, 1.54) is 12.1 Å². The van der Waals surface area contributed by atoms with Crippen LogP contribution in [-0.2, 0) is 11.3 Å². The number of hydrogen-bond acceptors (Lipinski definition) is 3. The van der Waals surface area contributed by atoms with Crippen LogP contribution in [0.4, 0.5) is 10.1 Å². The van der Waals surface area contributed by atoms with Crippen LogP contribution in [-0.4, -0.2) is 22.1 Å². The quantitative estimate of drug-likeness (QED) is 0.654. The van der Waals surface area contributed by atoms with Crippen LogP contribution in [0.2, 0.25) is 0 Å². The zero-order valence-corrected chi connectivity index (χ0v) is 15.7. The fourth-order valence-electron chi connectivity index (χ4n) is 2.39. The molecule has 0 saturated carbocycles. The minimum absolute atomic E-state index is 0.0365. The number of hydrogen-bond donors (Lipinski definition) is 1. The number of halogens is 2. The highest BCUT2D eigenvalue weighted by atomic mass is 79.9. The molecular formula is C19H17BrFN3O2. The number of rotatable bonds is 6. The van der Waals surface area contributed by atoms with Gasteiger partial charge < -0.3 is 14.6 Å². The zero-order valence-electron chi connectivity index (χ0n) is 14.1. The van der Waals surface area contributed by atoms with Crippen LogP contribution >= 0.6 is 15.9 Å². The van der Waals surface area contributed by atoms with Gasteiger partial charge in [0.1, 0.15) is 5.82 Å².